The first-order chi connectivity index (χ1) is 9.27. The smallest absolute Gasteiger partial charge is 0.221 e. The van der Waals surface area contributed by atoms with Gasteiger partial charge >= 0.3 is 0 Å². The van der Waals surface area contributed by atoms with Crippen molar-refractivity contribution in [2.75, 3.05) is 0 Å². The molecular formula is C16H29ClO2. The number of carbonyl (C=O) groups excluding carboxylic acids is 2. The first kappa shape index (κ1) is 18.6. The minimum atomic E-state index is -0.201. The molecule has 0 aromatic heterocycles. The van der Waals surface area contributed by atoms with E-state index in [1.807, 2.05) is 0 Å². The van der Waals surface area contributed by atoms with Gasteiger partial charge in [-0.15, -0.1) is 0 Å². The van der Waals surface area contributed by atoms with Crippen molar-refractivity contribution < 1.29 is 9.59 Å². The van der Waals surface area contributed by atoms with Crippen molar-refractivity contribution in [1.82, 2.24) is 0 Å². The molecule has 0 bridgehead atoms. The van der Waals surface area contributed by atoms with Gasteiger partial charge in [-0.2, -0.15) is 0 Å². The van der Waals surface area contributed by atoms with Crippen molar-refractivity contribution in [2.24, 2.45) is 0 Å². The molecule has 112 valence electrons. The van der Waals surface area contributed by atoms with Gasteiger partial charge < -0.3 is 4.79 Å². The predicted octanol–water partition coefficient (Wildman–Crippen LogP) is 5.41. The van der Waals surface area contributed by atoms with Gasteiger partial charge in [-0.25, -0.2) is 0 Å². The van der Waals surface area contributed by atoms with E-state index in [-0.39, 0.29) is 5.24 Å². The van der Waals surface area contributed by atoms with Crippen LogP contribution < -0.4 is 0 Å². The molecule has 0 saturated heterocycles. The molecule has 0 spiro atoms. The maximum atomic E-state index is 10.5. The molecule has 0 aliphatic heterocycles. The average molecular weight is 289 g/mol. The molecule has 0 aliphatic rings. The van der Waals surface area contributed by atoms with E-state index < -0.39 is 0 Å². The van der Waals surface area contributed by atoms with Gasteiger partial charge in [-0.05, 0) is 24.4 Å². The fourth-order valence-electron chi connectivity index (χ4n) is 2.26. The lowest BCUT2D eigenvalue weighted by molar-refractivity contribution is -0.111. The van der Waals surface area contributed by atoms with Crippen LogP contribution in [0.15, 0.2) is 0 Å². The predicted molar refractivity (Wildman–Crippen MR) is 81.6 cm³/mol. The summed E-state index contributed by atoms with van der Waals surface area (Å²) in [4.78, 5) is 20.6. The molecule has 0 saturated carbocycles. The van der Waals surface area contributed by atoms with Crippen molar-refractivity contribution in [2.45, 2.75) is 89.9 Å². The van der Waals surface area contributed by atoms with Crippen LogP contribution in [0.3, 0.4) is 0 Å². The monoisotopic (exact) mass is 288 g/mol. The molecule has 0 heterocycles. The zero-order valence-electron chi connectivity index (χ0n) is 12.2. The van der Waals surface area contributed by atoms with E-state index in [9.17, 15) is 9.59 Å². The third kappa shape index (κ3) is 17.6. The van der Waals surface area contributed by atoms with Crippen LogP contribution in [0.2, 0.25) is 0 Å². The highest BCUT2D eigenvalue weighted by Crippen LogP contribution is 2.13. The number of hydrogen-bond acceptors (Lipinski definition) is 2. The molecule has 0 unspecified atom stereocenters. The van der Waals surface area contributed by atoms with E-state index in [0.29, 0.717) is 6.42 Å². The second kappa shape index (κ2) is 15.7. The minimum Gasteiger partial charge on any atom is -0.303 e. The summed E-state index contributed by atoms with van der Waals surface area (Å²) in [6, 6.07) is 0. The number of carbonyl (C=O) groups is 2. The van der Waals surface area contributed by atoms with Crippen LogP contribution in [-0.2, 0) is 9.59 Å². The van der Waals surface area contributed by atoms with E-state index in [1.165, 1.54) is 57.8 Å². The normalized spacial score (nSPS) is 10.6. The van der Waals surface area contributed by atoms with E-state index in [0.717, 1.165) is 32.0 Å². The zero-order valence-corrected chi connectivity index (χ0v) is 12.9. The zero-order chi connectivity index (χ0) is 14.2. The third-order valence-electron chi connectivity index (χ3n) is 3.45. The summed E-state index contributed by atoms with van der Waals surface area (Å²) >= 11 is 5.27. The van der Waals surface area contributed by atoms with Gasteiger partial charge in [-0.1, -0.05) is 64.2 Å². The summed E-state index contributed by atoms with van der Waals surface area (Å²) in [5.74, 6) is 0. The van der Waals surface area contributed by atoms with Gasteiger partial charge in [0.05, 0.1) is 0 Å². The molecule has 0 radical (unpaired) electrons. The second-order valence-corrected chi connectivity index (χ2v) is 5.72. The largest absolute Gasteiger partial charge is 0.303 e. The number of rotatable bonds is 15. The SMILES string of the molecule is O=CCCCCCCCCCCCCCCC(=O)Cl. The topological polar surface area (TPSA) is 34.1 Å². The van der Waals surface area contributed by atoms with E-state index in [4.69, 9.17) is 11.6 Å². The summed E-state index contributed by atoms with van der Waals surface area (Å²) in [7, 11) is 0. The number of aldehydes is 1. The number of hydrogen-bond donors (Lipinski definition) is 0. The van der Waals surface area contributed by atoms with Crippen LogP contribution in [0.1, 0.15) is 89.9 Å². The van der Waals surface area contributed by atoms with Crippen molar-refractivity contribution in [1.29, 1.82) is 0 Å². The Balaban J connectivity index is 2.95. The first-order valence-corrected chi connectivity index (χ1v) is 8.27. The Morgan fingerprint density at radius 3 is 1.42 bits per heavy atom. The summed E-state index contributed by atoms with van der Waals surface area (Å²) < 4.78 is 0. The molecule has 0 atom stereocenters. The highest BCUT2D eigenvalue weighted by Gasteiger charge is 1.96. The minimum absolute atomic E-state index is 0.201. The summed E-state index contributed by atoms with van der Waals surface area (Å²) in [6.07, 6.45) is 17.1. The summed E-state index contributed by atoms with van der Waals surface area (Å²) in [5.41, 5.74) is 0. The first-order valence-electron chi connectivity index (χ1n) is 7.89. The molecule has 0 aromatic rings. The van der Waals surface area contributed by atoms with Crippen molar-refractivity contribution in [3.05, 3.63) is 0 Å². The van der Waals surface area contributed by atoms with Crippen LogP contribution in [0.25, 0.3) is 0 Å². The average Bonchev–Trinajstić information content (AvgIpc) is 2.39. The van der Waals surface area contributed by atoms with Crippen LogP contribution in [0.5, 0.6) is 0 Å². The Morgan fingerprint density at radius 2 is 1.05 bits per heavy atom. The highest BCUT2D eigenvalue weighted by molar-refractivity contribution is 6.63. The lowest BCUT2D eigenvalue weighted by Gasteiger charge is -2.02. The van der Waals surface area contributed by atoms with E-state index >= 15 is 0 Å². The molecule has 0 N–H and O–H groups in total. The Labute approximate surface area is 123 Å². The maximum Gasteiger partial charge on any atom is 0.221 e. The molecule has 0 fully saturated rings. The number of unbranched alkanes of at least 4 members (excludes halogenated alkanes) is 12. The fraction of sp³-hybridized carbons (Fsp3) is 0.875. The highest BCUT2D eigenvalue weighted by atomic mass is 35.5. The van der Waals surface area contributed by atoms with Gasteiger partial charge in [0.1, 0.15) is 6.29 Å². The molecule has 0 rings (SSSR count). The van der Waals surface area contributed by atoms with Crippen LogP contribution in [0, 0.1) is 0 Å². The lowest BCUT2D eigenvalue weighted by atomic mass is 10.0. The Morgan fingerprint density at radius 1 is 0.684 bits per heavy atom. The van der Waals surface area contributed by atoms with Crippen LogP contribution in [0.4, 0.5) is 0 Å². The Kier molecular flexibility index (Phi) is 15.4. The van der Waals surface area contributed by atoms with E-state index in [2.05, 4.69) is 0 Å². The van der Waals surface area contributed by atoms with Gasteiger partial charge in [-0.3, -0.25) is 4.79 Å². The lowest BCUT2D eigenvalue weighted by Crippen LogP contribution is -1.86. The molecule has 2 nitrogen and oxygen atoms in total. The van der Waals surface area contributed by atoms with Gasteiger partial charge in [0.15, 0.2) is 0 Å². The summed E-state index contributed by atoms with van der Waals surface area (Å²) in [5, 5.41) is -0.201. The second-order valence-electron chi connectivity index (χ2n) is 5.30. The molecular weight excluding hydrogens is 260 g/mol. The molecule has 0 aromatic carbocycles. The quantitative estimate of drug-likeness (QED) is 0.229. The Hall–Kier alpha value is -0.370. The van der Waals surface area contributed by atoms with Crippen molar-refractivity contribution in [3.8, 4) is 0 Å². The maximum absolute atomic E-state index is 10.5. The fourth-order valence-corrected chi connectivity index (χ4v) is 2.39. The summed E-state index contributed by atoms with van der Waals surface area (Å²) in [6.45, 7) is 0. The number of halogens is 1. The Bertz CT molecular complexity index is 217. The molecule has 3 heteroatoms. The van der Waals surface area contributed by atoms with Crippen molar-refractivity contribution >= 4 is 23.1 Å². The van der Waals surface area contributed by atoms with Crippen LogP contribution >= 0.6 is 11.6 Å². The van der Waals surface area contributed by atoms with E-state index in [1.54, 1.807) is 0 Å². The van der Waals surface area contributed by atoms with Gasteiger partial charge in [0.25, 0.3) is 0 Å². The molecule has 19 heavy (non-hydrogen) atoms. The molecule has 0 amide bonds. The van der Waals surface area contributed by atoms with Crippen molar-refractivity contribution in [3.63, 3.8) is 0 Å². The van der Waals surface area contributed by atoms with Gasteiger partial charge in [0, 0.05) is 12.8 Å². The van der Waals surface area contributed by atoms with Crippen LogP contribution in [-0.4, -0.2) is 11.5 Å². The third-order valence-corrected chi connectivity index (χ3v) is 3.63. The standard InChI is InChI=1S/C16H29ClO2/c17-16(19)14-12-10-8-6-4-2-1-3-5-7-9-11-13-15-18/h15H,1-14H2. The molecule has 0 aliphatic carbocycles. The van der Waals surface area contributed by atoms with Gasteiger partial charge in [0.2, 0.25) is 5.24 Å².